The highest BCUT2D eigenvalue weighted by atomic mass is 35.5. The van der Waals surface area contributed by atoms with Crippen molar-refractivity contribution in [1.29, 1.82) is 0 Å². The Hall–Kier alpha value is -2.74. The molecule has 0 aliphatic carbocycles. The Bertz CT molecular complexity index is 1140. The van der Waals surface area contributed by atoms with Crippen LogP contribution in [0.15, 0.2) is 53.3 Å². The van der Waals surface area contributed by atoms with E-state index in [9.17, 15) is 9.59 Å². The molecule has 1 aliphatic rings. The molecule has 2 heterocycles. The first kappa shape index (κ1) is 22.5. The molecule has 0 spiro atoms. The van der Waals surface area contributed by atoms with E-state index in [-0.39, 0.29) is 30.2 Å². The van der Waals surface area contributed by atoms with Crippen molar-refractivity contribution < 1.29 is 9.53 Å². The summed E-state index contributed by atoms with van der Waals surface area (Å²) in [6.07, 6.45) is 2.03. The average molecular weight is 455 g/mol. The third-order valence-electron chi connectivity index (χ3n) is 5.64. The topological polar surface area (TPSA) is 87.3 Å². The van der Waals surface area contributed by atoms with Gasteiger partial charge in [0.2, 0.25) is 5.91 Å². The molecule has 0 bridgehead atoms. The van der Waals surface area contributed by atoms with Gasteiger partial charge in [-0.05, 0) is 43.5 Å². The third kappa shape index (κ3) is 5.54. The number of nitrogens with zero attached hydrogens (tertiary/aromatic N) is 2. The number of para-hydroxylation sites is 1. The van der Waals surface area contributed by atoms with Gasteiger partial charge in [0.05, 0.1) is 36.1 Å². The average Bonchev–Trinajstić information content (AvgIpc) is 3.27. The molecule has 2 unspecified atom stereocenters. The number of hydrogen-bond acceptors (Lipinski definition) is 5. The lowest BCUT2D eigenvalue weighted by Crippen LogP contribution is -2.41. The predicted octanol–water partition coefficient (Wildman–Crippen LogP) is 3.43. The highest BCUT2D eigenvalue weighted by Gasteiger charge is 2.23. The molecule has 1 amide bonds. The number of halogens is 1. The fraction of sp³-hybridized carbons (Fsp3) is 0.375. The van der Waals surface area contributed by atoms with Gasteiger partial charge in [0, 0.05) is 18.2 Å². The van der Waals surface area contributed by atoms with Gasteiger partial charge in [-0.1, -0.05) is 41.9 Å². The van der Waals surface area contributed by atoms with E-state index in [1.807, 2.05) is 54.3 Å². The van der Waals surface area contributed by atoms with Gasteiger partial charge in [-0.15, -0.1) is 0 Å². The summed E-state index contributed by atoms with van der Waals surface area (Å²) >= 11 is 6.27. The van der Waals surface area contributed by atoms with Crippen LogP contribution < -0.4 is 10.9 Å². The Morgan fingerprint density at radius 2 is 2.06 bits per heavy atom. The zero-order chi connectivity index (χ0) is 22.5. The van der Waals surface area contributed by atoms with E-state index < -0.39 is 0 Å². The second-order valence-corrected chi connectivity index (χ2v) is 8.55. The number of H-pyrrole nitrogens is 1. The summed E-state index contributed by atoms with van der Waals surface area (Å²) in [5.41, 5.74) is 1.33. The van der Waals surface area contributed by atoms with Gasteiger partial charge in [-0.25, -0.2) is 4.98 Å². The number of amides is 1. The predicted molar refractivity (Wildman–Crippen MR) is 125 cm³/mol. The van der Waals surface area contributed by atoms with Crippen molar-refractivity contribution >= 4 is 28.4 Å². The number of ether oxygens (including phenoxy) is 1. The van der Waals surface area contributed by atoms with Crippen LogP contribution in [0.3, 0.4) is 0 Å². The first-order chi connectivity index (χ1) is 15.5. The molecule has 168 valence electrons. The highest BCUT2D eigenvalue weighted by molar-refractivity contribution is 6.31. The Kier molecular flexibility index (Phi) is 7.19. The van der Waals surface area contributed by atoms with Crippen molar-refractivity contribution in [2.75, 3.05) is 19.7 Å². The molecule has 7 nitrogen and oxygen atoms in total. The van der Waals surface area contributed by atoms with Crippen LogP contribution >= 0.6 is 11.6 Å². The molecular formula is C24H27ClN4O3. The van der Waals surface area contributed by atoms with Crippen LogP contribution in [0.25, 0.3) is 10.9 Å². The summed E-state index contributed by atoms with van der Waals surface area (Å²) in [5, 5.41) is 4.19. The fourth-order valence-corrected chi connectivity index (χ4v) is 4.38. The van der Waals surface area contributed by atoms with E-state index in [1.54, 1.807) is 6.07 Å². The number of carbonyl (C=O) groups excluding carboxylic acids is 1. The molecule has 1 saturated heterocycles. The van der Waals surface area contributed by atoms with Crippen LogP contribution in [0.4, 0.5) is 0 Å². The first-order valence-electron chi connectivity index (χ1n) is 10.9. The van der Waals surface area contributed by atoms with Crippen molar-refractivity contribution in [1.82, 2.24) is 20.2 Å². The van der Waals surface area contributed by atoms with Crippen LogP contribution in [0, 0.1) is 0 Å². The maximum Gasteiger partial charge on any atom is 0.258 e. The summed E-state index contributed by atoms with van der Waals surface area (Å²) < 4.78 is 5.78. The van der Waals surface area contributed by atoms with E-state index >= 15 is 0 Å². The standard InChI is InChI=1S/C24H27ClN4O3/c1-16(18-8-2-4-10-20(18)25)26-23(30)15-29(13-17-7-6-12-32-17)14-22-27-21-11-5-3-9-19(21)24(31)28-22/h2-5,8-11,16-17H,6-7,12-15H2,1H3,(H,26,30)(H,27,28,31). The number of hydrogen-bond donors (Lipinski definition) is 2. The molecule has 4 rings (SSSR count). The lowest BCUT2D eigenvalue weighted by atomic mass is 10.1. The number of carbonyl (C=O) groups is 1. The highest BCUT2D eigenvalue weighted by Crippen LogP contribution is 2.22. The molecule has 1 aromatic heterocycles. The van der Waals surface area contributed by atoms with Gasteiger partial charge < -0.3 is 15.0 Å². The Labute approximate surface area is 191 Å². The molecule has 2 atom stereocenters. The van der Waals surface area contributed by atoms with Crippen LogP contribution in [0.2, 0.25) is 5.02 Å². The van der Waals surface area contributed by atoms with Crippen molar-refractivity contribution in [3.8, 4) is 0 Å². The van der Waals surface area contributed by atoms with Crippen molar-refractivity contribution in [2.45, 2.75) is 38.5 Å². The molecule has 1 aliphatic heterocycles. The van der Waals surface area contributed by atoms with E-state index in [2.05, 4.69) is 15.3 Å². The number of benzene rings is 2. The van der Waals surface area contributed by atoms with E-state index in [0.717, 1.165) is 25.0 Å². The lowest BCUT2D eigenvalue weighted by Gasteiger charge is -2.25. The fourth-order valence-electron chi connectivity index (χ4n) is 4.08. The number of nitrogens with one attached hydrogen (secondary N) is 2. The van der Waals surface area contributed by atoms with Crippen molar-refractivity contribution in [2.24, 2.45) is 0 Å². The van der Waals surface area contributed by atoms with E-state index in [0.29, 0.717) is 34.8 Å². The Morgan fingerprint density at radius 1 is 1.28 bits per heavy atom. The molecule has 8 heteroatoms. The lowest BCUT2D eigenvalue weighted by molar-refractivity contribution is -0.123. The van der Waals surface area contributed by atoms with Gasteiger partial charge in [-0.2, -0.15) is 0 Å². The third-order valence-corrected chi connectivity index (χ3v) is 5.98. The van der Waals surface area contributed by atoms with E-state index in [4.69, 9.17) is 16.3 Å². The van der Waals surface area contributed by atoms with Crippen LogP contribution in [-0.2, 0) is 16.1 Å². The van der Waals surface area contributed by atoms with Crippen LogP contribution in [0.1, 0.15) is 37.2 Å². The SMILES string of the molecule is CC(NC(=O)CN(Cc1nc2ccccc2c(=O)[nH]1)CC1CCCO1)c1ccccc1Cl. The molecule has 32 heavy (non-hydrogen) atoms. The summed E-state index contributed by atoms with van der Waals surface area (Å²) in [6.45, 7) is 3.73. The van der Waals surface area contributed by atoms with E-state index in [1.165, 1.54) is 0 Å². The smallest absolute Gasteiger partial charge is 0.258 e. The molecule has 3 aromatic rings. The van der Waals surface area contributed by atoms with Crippen molar-refractivity contribution in [3.63, 3.8) is 0 Å². The first-order valence-corrected chi connectivity index (χ1v) is 11.2. The molecular weight excluding hydrogens is 428 g/mol. The largest absolute Gasteiger partial charge is 0.377 e. The van der Waals surface area contributed by atoms with Gasteiger partial charge >= 0.3 is 0 Å². The van der Waals surface area contributed by atoms with Gasteiger partial charge in [0.15, 0.2) is 0 Å². The summed E-state index contributed by atoms with van der Waals surface area (Å²) in [6, 6.07) is 14.5. The molecule has 2 N–H and O–H groups in total. The molecule has 0 saturated carbocycles. The maximum atomic E-state index is 12.9. The van der Waals surface area contributed by atoms with Gasteiger partial charge in [-0.3, -0.25) is 14.5 Å². The molecule has 0 radical (unpaired) electrons. The minimum atomic E-state index is -0.223. The number of aromatic amines is 1. The minimum Gasteiger partial charge on any atom is -0.377 e. The summed E-state index contributed by atoms with van der Waals surface area (Å²) in [5.74, 6) is 0.400. The normalized spacial score (nSPS) is 17.0. The monoisotopic (exact) mass is 454 g/mol. The quantitative estimate of drug-likeness (QED) is 0.544. The zero-order valence-electron chi connectivity index (χ0n) is 18.0. The summed E-state index contributed by atoms with van der Waals surface area (Å²) in [4.78, 5) is 34.7. The molecule has 1 fully saturated rings. The number of rotatable bonds is 8. The number of aromatic nitrogens is 2. The Balaban J connectivity index is 1.48. The molecule has 2 aromatic carbocycles. The zero-order valence-corrected chi connectivity index (χ0v) is 18.8. The Morgan fingerprint density at radius 3 is 2.84 bits per heavy atom. The summed E-state index contributed by atoms with van der Waals surface area (Å²) in [7, 11) is 0. The minimum absolute atomic E-state index is 0.0657. The maximum absolute atomic E-state index is 12.9. The van der Waals surface area contributed by atoms with Crippen molar-refractivity contribution in [3.05, 3.63) is 75.3 Å². The second kappa shape index (κ2) is 10.3. The number of fused-ring (bicyclic) bond motifs is 1. The van der Waals surface area contributed by atoms with Crippen LogP contribution in [-0.4, -0.2) is 46.6 Å². The van der Waals surface area contributed by atoms with Crippen LogP contribution in [0.5, 0.6) is 0 Å². The second-order valence-electron chi connectivity index (χ2n) is 8.15. The van der Waals surface area contributed by atoms with Gasteiger partial charge in [0.25, 0.3) is 5.56 Å². The van der Waals surface area contributed by atoms with Gasteiger partial charge in [0.1, 0.15) is 5.82 Å².